The first kappa shape index (κ1) is 20.2. The molecule has 6 nitrogen and oxygen atoms in total. The molecule has 1 N–H and O–H groups in total. The summed E-state index contributed by atoms with van der Waals surface area (Å²) in [5.74, 6) is 0.0510. The SMILES string of the molecule is Cn1cc(CCC(=O)NCc2ccc(N3CCOCC3)cc2)c(-c2ccccc2)n1. The van der Waals surface area contributed by atoms with Crippen molar-refractivity contribution in [3.63, 3.8) is 0 Å². The summed E-state index contributed by atoms with van der Waals surface area (Å²) in [7, 11) is 1.91. The van der Waals surface area contributed by atoms with Gasteiger partial charge in [-0.1, -0.05) is 42.5 Å². The van der Waals surface area contributed by atoms with Gasteiger partial charge in [0.05, 0.1) is 18.9 Å². The quantitative estimate of drug-likeness (QED) is 0.657. The third-order valence-electron chi connectivity index (χ3n) is 5.38. The molecule has 30 heavy (non-hydrogen) atoms. The number of morpholine rings is 1. The second kappa shape index (κ2) is 9.59. The fourth-order valence-corrected chi connectivity index (χ4v) is 3.74. The van der Waals surface area contributed by atoms with Crippen molar-refractivity contribution in [3.8, 4) is 11.3 Å². The summed E-state index contributed by atoms with van der Waals surface area (Å²) in [4.78, 5) is 14.7. The van der Waals surface area contributed by atoms with E-state index in [-0.39, 0.29) is 5.91 Å². The van der Waals surface area contributed by atoms with E-state index in [1.165, 1.54) is 5.69 Å². The fraction of sp³-hybridized carbons (Fsp3) is 0.333. The van der Waals surface area contributed by atoms with E-state index in [2.05, 4.69) is 39.6 Å². The van der Waals surface area contributed by atoms with E-state index < -0.39 is 0 Å². The maximum atomic E-state index is 12.4. The molecule has 1 aromatic heterocycles. The summed E-state index contributed by atoms with van der Waals surface area (Å²) in [5, 5.41) is 7.61. The minimum absolute atomic E-state index is 0.0510. The van der Waals surface area contributed by atoms with E-state index in [1.807, 2.05) is 48.3 Å². The Morgan fingerprint density at radius 2 is 1.80 bits per heavy atom. The van der Waals surface area contributed by atoms with Crippen molar-refractivity contribution in [2.24, 2.45) is 7.05 Å². The highest BCUT2D eigenvalue weighted by atomic mass is 16.5. The van der Waals surface area contributed by atoms with Gasteiger partial charge in [0.2, 0.25) is 5.91 Å². The predicted molar refractivity (Wildman–Crippen MR) is 118 cm³/mol. The lowest BCUT2D eigenvalue weighted by molar-refractivity contribution is -0.121. The van der Waals surface area contributed by atoms with Gasteiger partial charge in [0, 0.05) is 50.6 Å². The predicted octanol–water partition coefficient (Wildman–Crippen LogP) is 3.17. The molecule has 6 heteroatoms. The second-order valence-corrected chi connectivity index (χ2v) is 7.59. The molecule has 2 heterocycles. The first-order valence-electron chi connectivity index (χ1n) is 10.5. The number of ether oxygens (including phenoxy) is 1. The Morgan fingerprint density at radius 3 is 2.53 bits per heavy atom. The van der Waals surface area contributed by atoms with Crippen molar-refractivity contribution in [1.82, 2.24) is 15.1 Å². The zero-order valence-corrected chi connectivity index (χ0v) is 17.4. The molecule has 3 aromatic rings. The summed E-state index contributed by atoms with van der Waals surface area (Å²) >= 11 is 0. The van der Waals surface area contributed by atoms with Crippen LogP contribution in [-0.2, 0) is 29.5 Å². The van der Waals surface area contributed by atoms with Crippen LogP contribution < -0.4 is 10.2 Å². The van der Waals surface area contributed by atoms with Gasteiger partial charge in [0.25, 0.3) is 0 Å². The van der Waals surface area contributed by atoms with E-state index in [4.69, 9.17) is 4.74 Å². The molecule has 0 unspecified atom stereocenters. The molecule has 1 amide bonds. The van der Waals surface area contributed by atoms with E-state index in [1.54, 1.807) is 0 Å². The first-order chi connectivity index (χ1) is 14.7. The van der Waals surface area contributed by atoms with Crippen molar-refractivity contribution in [2.45, 2.75) is 19.4 Å². The van der Waals surface area contributed by atoms with Gasteiger partial charge in [-0.25, -0.2) is 0 Å². The molecule has 2 aromatic carbocycles. The summed E-state index contributed by atoms with van der Waals surface area (Å²) in [6.07, 6.45) is 3.11. The van der Waals surface area contributed by atoms with Crippen molar-refractivity contribution < 1.29 is 9.53 Å². The number of rotatable bonds is 7. The Balaban J connectivity index is 1.29. The number of carbonyl (C=O) groups is 1. The number of carbonyl (C=O) groups excluding carboxylic acids is 1. The molecule has 4 rings (SSSR count). The Labute approximate surface area is 177 Å². The number of aryl methyl sites for hydroxylation is 2. The highest BCUT2D eigenvalue weighted by Crippen LogP contribution is 2.22. The zero-order chi connectivity index (χ0) is 20.8. The van der Waals surface area contributed by atoms with Crippen LogP contribution in [0.25, 0.3) is 11.3 Å². The van der Waals surface area contributed by atoms with Crippen LogP contribution in [0.3, 0.4) is 0 Å². The van der Waals surface area contributed by atoms with E-state index in [9.17, 15) is 4.79 Å². The molecule has 1 fully saturated rings. The number of hydrogen-bond acceptors (Lipinski definition) is 4. The Morgan fingerprint density at radius 1 is 1.07 bits per heavy atom. The van der Waals surface area contributed by atoms with Gasteiger partial charge in [-0.05, 0) is 29.7 Å². The van der Waals surface area contributed by atoms with Crippen LogP contribution in [-0.4, -0.2) is 42.0 Å². The fourth-order valence-electron chi connectivity index (χ4n) is 3.74. The van der Waals surface area contributed by atoms with E-state index >= 15 is 0 Å². The van der Waals surface area contributed by atoms with E-state index in [0.717, 1.165) is 48.7 Å². The second-order valence-electron chi connectivity index (χ2n) is 7.59. The molecule has 0 spiro atoms. The highest BCUT2D eigenvalue weighted by molar-refractivity contribution is 5.76. The van der Waals surface area contributed by atoms with Gasteiger partial charge in [0.1, 0.15) is 0 Å². The standard InChI is InChI=1S/C24H28N4O2/c1-27-18-21(24(26-27)20-5-3-2-4-6-20)9-12-23(29)25-17-19-7-10-22(11-8-19)28-13-15-30-16-14-28/h2-8,10-11,18H,9,12-17H2,1H3,(H,25,29). The Kier molecular flexibility index (Phi) is 6.44. The Hall–Kier alpha value is -3.12. The van der Waals surface area contributed by atoms with Gasteiger partial charge in [-0.3, -0.25) is 9.48 Å². The number of anilines is 1. The van der Waals surface area contributed by atoms with Gasteiger partial charge in [-0.2, -0.15) is 5.10 Å². The van der Waals surface area contributed by atoms with Crippen LogP contribution in [0, 0.1) is 0 Å². The van der Waals surface area contributed by atoms with Crippen molar-refractivity contribution in [3.05, 3.63) is 71.9 Å². The average molecular weight is 405 g/mol. The van der Waals surface area contributed by atoms with Crippen molar-refractivity contribution >= 4 is 11.6 Å². The highest BCUT2D eigenvalue weighted by Gasteiger charge is 2.13. The third-order valence-corrected chi connectivity index (χ3v) is 5.38. The number of aromatic nitrogens is 2. The number of benzene rings is 2. The van der Waals surface area contributed by atoms with Crippen molar-refractivity contribution in [2.75, 3.05) is 31.2 Å². The van der Waals surface area contributed by atoms with Gasteiger partial charge >= 0.3 is 0 Å². The average Bonchev–Trinajstić information content (AvgIpc) is 3.18. The van der Waals surface area contributed by atoms with Crippen molar-refractivity contribution in [1.29, 1.82) is 0 Å². The molecule has 0 aliphatic carbocycles. The largest absolute Gasteiger partial charge is 0.378 e. The maximum Gasteiger partial charge on any atom is 0.220 e. The molecule has 0 bridgehead atoms. The normalized spacial score (nSPS) is 14.0. The van der Waals surface area contributed by atoms with Crippen LogP contribution in [0.15, 0.2) is 60.8 Å². The minimum Gasteiger partial charge on any atom is -0.378 e. The lowest BCUT2D eigenvalue weighted by atomic mass is 10.0. The number of amides is 1. The van der Waals surface area contributed by atoms with Gasteiger partial charge in [-0.15, -0.1) is 0 Å². The summed E-state index contributed by atoms with van der Waals surface area (Å²) < 4.78 is 7.22. The molecular formula is C24H28N4O2. The summed E-state index contributed by atoms with van der Waals surface area (Å²) in [5.41, 5.74) is 5.43. The van der Waals surface area contributed by atoms with Crippen LogP contribution in [0.5, 0.6) is 0 Å². The van der Waals surface area contributed by atoms with Gasteiger partial charge < -0.3 is 15.0 Å². The van der Waals surface area contributed by atoms with Crippen LogP contribution in [0.4, 0.5) is 5.69 Å². The lowest BCUT2D eigenvalue weighted by Gasteiger charge is -2.28. The van der Waals surface area contributed by atoms with Gasteiger partial charge in [0.15, 0.2) is 0 Å². The number of nitrogens with zero attached hydrogens (tertiary/aromatic N) is 3. The molecule has 156 valence electrons. The monoisotopic (exact) mass is 404 g/mol. The topological polar surface area (TPSA) is 59.4 Å². The van der Waals surface area contributed by atoms with E-state index in [0.29, 0.717) is 19.4 Å². The van der Waals surface area contributed by atoms with Crippen LogP contribution >= 0.6 is 0 Å². The minimum atomic E-state index is 0.0510. The molecule has 1 saturated heterocycles. The molecular weight excluding hydrogens is 376 g/mol. The molecule has 0 atom stereocenters. The lowest BCUT2D eigenvalue weighted by Crippen LogP contribution is -2.36. The smallest absolute Gasteiger partial charge is 0.220 e. The maximum absolute atomic E-state index is 12.4. The zero-order valence-electron chi connectivity index (χ0n) is 17.4. The Bertz CT molecular complexity index is 961. The number of hydrogen-bond donors (Lipinski definition) is 1. The molecule has 1 aliphatic heterocycles. The molecule has 0 radical (unpaired) electrons. The number of nitrogens with one attached hydrogen (secondary N) is 1. The summed E-state index contributed by atoms with van der Waals surface area (Å²) in [6, 6.07) is 18.5. The van der Waals surface area contributed by atoms with Crippen LogP contribution in [0.2, 0.25) is 0 Å². The first-order valence-corrected chi connectivity index (χ1v) is 10.5. The molecule has 1 aliphatic rings. The third kappa shape index (κ3) is 5.07. The van der Waals surface area contributed by atoms with Crippen LogP contribution in [0.1, 0.15) is 17.5 Å². The summed E-state index contributed by atoms with van der Waals surface area (Å²) in [6.45, 7) is 3.95. The molecule has 0 saturated carbocycles.